The molecule has 0 aromatic heterocycles. The summed E-state index contributed by atoms with van der Waals surface area (Å²) in [7, 11) is -2.08. The molecule has 4 rings (SSSR count). The molecule has 0 unspecified atom stereocenters. The molecule has 0 atom stereocenters. The first-order valence-electron chi connectivity index (χ1n) is 8.59. The minimum Gasteiger partial charge on any atom is -0.321 e. The first kappa shape index (κ1) is 18.7. The molecule has 28 heavy (non-hydrogen) atoms. The molecule has 0 spiro atoms. The molecule has 3 aromatic carbocycles. The predicted octanol–water partition coefficient (Wildman–Crippen LogP) is 4.82. The standard InChI is InChI=1S/C21H17BrN2O3S/c1-13-11-14(21(25)23-18-9-5-4-8-17(18)22)12-16-15-7-3-6-10-19(15)28(26,27)24(2)20(13)16/h3-12H,1-2H3,(H,23,25). The van der Waals surface area contributed by atoms with E-state index in [2.05, 4.69) is 21.2 Å². The fourth-order valence-corrected chi connectivity index (χ4v) is 5.34. The lowest BCUT2D eigenvalue weighted by Gasteiger charge is -2.31. The van der Waals surface area contributed by atoms with Crippen molar-refractivity contribution in [2.45, 2.75) is 11.8 Å². The molecule has 1 aliphatic rings. The number of anilines is 2. The Hall–Kier alpha value is -2.64. The van der Waals surface area contributed by atoms with Gasteiger partial charge in [-0.1, -0.05) is 30.3 Å². The number of benzene rings is 3. The molecule has 1 N–H and O–H groups in total. The van der Waals surface area contributed by atoms with E-state index in [0.29, 0.717) is 22.5 Å². The van der Waals surface area contributed by atoms with Crippen molar-refractivity contribution in [3.05, 3.63) is 76.3 Å². The number of fused-ring (bicyclic) bond motifs is 3. The third kappa shape index (κ3) is 2.91. The van der Waals surface area contributed by atoms with Gasteiger partial charge in [0.15, 0.2) is 0 Å². The first-order valence-corrected chi connectivity index (χ1v) is 10.8. The molecule has 0 bridgehead atoms. The number of nitrogens with one attached hydrogen (secondary N) is 1. The van der Waals surface area contributed by atoms with Crippen LogP contribution in [0, 0.1) is 6.92 Å². The summed E-state index contributed by atoms with van der Waals surface area (Å²) in [6, 6.07) is 17.7. The number of nitrogens with zero attached hydrogens (tertiary/aromatic N) is 1. The van der Waals surface area contributed by atoms with Crippen LogP contribution in [0.4, 0.5) is 11.4 Å². The third-order valence-electron chi connectivity index (χ3n) is 4.82. The van der Waals surface area contributed by atoms with Crippen LogP contribution in [0.2, 0.25) is 0 Å². The number of aryl methyl sites for hydroxylation is 1. The van der Waals surface area contributed by atoms with E-state index in [1.807, 2.05) is 31.2 Å². The van der Waals surface area contributed by atoms with Crippen molar-refractivity contribution in [3.63, 3.8) is 0 Å². The second kappa shape index (κ2) is 6.76. The smallest absolute Gasteiger partial charge is 0.264 e. The van der Waals surface area contributed by atoms with E-state index in [0.717, 1.165) is 15.6 Å². The highest BCUT2D eigenvalue weighted by Crippen LogP contribution is 2.44. The van der Waals surface area contributed by atoms with Gasteiger partial charge in [0.1, 0.15) is 0 Å². The summed E-state index contributed by atoms with van der Waals surface area (Å²) in [5, 5.41) is 2.89. The lowest BCUT2D eigenvalue weighted by atomic mass is 9.96. The summed E-state index contributed by atoms with van der Waals surface area (Å²) in [5.74, 6) is -0.258. The quantitative estimate of drug-likeness (QED) is 0.601. The number of hydrogen-bond donors (Lipinski definition) is 1. The van der Waals surface area contributed by atoms with Crippen molar-refractivity contribution in [2.75, 3.05) is 16.7 Å². The van der Waals surface area contributed by atoms with E-state index in [-0.39, 0.29) is 10.8 Å². The number of carbonyl (C=O) groups excluding carboxylic acids is 1. The SMILES string of the molecule is Cc1cc(C(=O)Nc2ccccc2Br)cc2c1N(C)S(=O)(=O)c1ccccc1-2. The highest BCUT2D eigenvalue weighted by Gasteiger charge is 2.33. The van der Waals surface area contributed by atoms with Gasteiger partial charge >= 0.3 is 0 Å². The van der Waals surface area contributed by atoms with Crippen LogP contribution in [0.3, 0.4) is 0 Å². The average molecular weight is 457 g/mol. The van der Waals surface area contributed by atoms with Crippen LogP contribution in [0.1, 0.15) is 15.9 Å². The van der Waals surface area contributed by atoms with E-state index >= 15 is 0 Å². The van der Waals surface area contributed by atoms with Crippen molar-refractivity contribution in [1.82, 2.24) is 0 Å². The fraction of sp³-hybridized carbons (Fsp3) is 0.0952. The van der Waals surface area contributed by atoms with Crippen molar-refractivity contribution in [3.8, 4) is 11.1 Å². The number of halogens is 1. The van der Waals surface area contributed by atoms with Gasteiger partial charge in [-0.25, -0.2) is 8.42 Å². The van der Waals surface area contributed by atoms with Crippen molar-refractivity contribution in [1.29, 1.82) is 0 Å². The largest absolute Gasteiger partial charge is 0.321 e. The molecule has 3 aromatic rings. The second-order valence-corrected chi connectivity index (χ2v) is 9.38. The van der Waals surface area contributed by atoms with Crippen LogP contribution in [-0.2, 0) is 10.0 Å². The lowest BCUT2D eigenvalue weighted by Crippen LogP contribution is -2.31. The van der Waals surface area contributed by atoms with Crippen molar-refractivity contribution >= 4 is 43.2 Å². The molecular weight excluding hydrogens is 440 g/mol. The lowest BCUT2D eigenvalue weighted by molar-refractivity contribution is 0.102. The molecule has 0 saturated carbocycles. The van der Waals surface area contributed by atoms with E-state index in [9.17, 15) is 13.2 Å². The molecule has 0 saturated heterocycles. The van der Waals surface area contributed by atoms with E-state index in [4.69, 9.17) is 0 Å². The number of sulfonamides is 1. The second-order valence-electron chi connectivity index (χ2n) is 6.59. The van der Waals surface area contributed by atoms with Gasteiger partial charge in [-0.15, -0.1) is 0 Å². The van der Waals surface area contributed by atoms with Crippen LogP contribution >= 0.6 is 15.9 Å². The summed E-state index contributed by atoms with van der Waals surface area (Å²) < 4.78 is 27.8. The molecule has 142 valence electrons. The highest BCUT2D eigenvalue weighted by molar-refractivity contribution is 9.10. The molecule has 1 aliphatic heterocycles. The zero-order valence-corrected chi connectivity index (χ0v) is 17.6. The average Bonchev–Trinajstić information content (AvgIpc) is 2.67. The Kier molecular flexibility index (Phi) is 4.51. The van der Waals surface area contributed by atoms with Crippen LogP contribution in [0.5, 0.6) is 0 Å². The summed E-state index contributed by atoms with van der Waals surface area (Å²) in [4.78, 5) is 13.1. The Labute approximate surface area is 172 Å². The number of amides is 1. The molecule has 0 fully saturated rings. The van der Waals surface area contributed by atoms with Crippen LogP contribution < -0.4 is 9.62 Å². The Morgan fingerprint density at radius 2 is 1.68 bits per heavy atom. The molecule has 1 heterocycles. The van der Waals surface area contributed by atoms with E-state index < -0.39 is 10.0 Å². The topological polar surface area (TPSA) is 66.5 Å². The zero-order chi connectivity index (χ0) is 20.1. The number of hydrogen-bond acceptors (Lipinski definition) is 3. The van der Waals surface area contributed by atoms with Crippen LogP contribution in [0.15, 0.2) is 70.0 Å². The Bertz CT molecular complexity index is 1220. The molecule has 0 aliphatic carbocycles. The maximum Gasteiger partial charge on any atom is 0.264 e. The molecule has 7 heteroatoms. The molecule has 5 nitrogen and oxygen atoms in total. The summed E-state index contributed by atoms with van der Waals surface area (Å²) in [6.45, 7) is 1.81. The van der Waals surface area contributed by atoms with Gasteiger partial charge in [-0.3, -0.25) is 9.10 Å². The summed E-state index contributed by atoms with van der Waals surface area (Å²) in [5.41, 5.74) is 3.78. The van der Waals surface area contributed by atoms with Gasteiger partial charge in [-0.2, -0.15) is 0 Å². The van der Waals surface area contributed by atoms with E-state index in [1.165, 1.54) is 11.4 Å². The van der Waals surface area contributed by atoms with E-state index in [1.54, 1.807) is 36.4 Å². The maximum atomic E-state index is 12.9. The summed E-state index contributed by atoms with van der Waals surface area (Å²) >= 11 is 3.43. The van der Waals surface area contributed by atoms with Gasteiger partial charge in [-0.05, 0) is 58.7 Å². The highest BCUT2D eigenvalue weighted by atomic mass is 79.9. The Morgan fingerprint density at radius 1 is 1.00 bits per heavy atom. The van der Waals surface area contributed by atoms with Gasteiger partial charge in [0.25, 0.3) is 15.9 Å². The van der Waals surface area contributed by atoms with Gasteiger partial charge < -0.3 is 5.32 Å². The Morgan fingerprint density at radius 3 is 2.43 bits per heavy atom. The minimum atomic E-state index is -3.62. The van der Waals surface area contributed by atoms with Crippen LogP contribution in [0.25, 0.3) is 11.1 Å². The third-order valence-corrected chi connectivity index (χ3v) is 7.32. The molecule has 0 radical (unpaired) electrons. The minimum absolute atomic E-state index is 0.243. The molecule has 1 amide bonds. The number of para-hydroxylation sites is 1. The number of rotatable bonds is 2. The molecular formula is C21H17BrN2O3S. The summed E-state index contributed by atoms with van der Waals surface area (Å²) in [6.07, 6.45) is 0. The Balaban J connectivity index is 1.85. The first-order chi connectivity index (χ1) is 13.3. The predicted molar refractivity (Wildman–Crippen MR) is 114 cm³/mol. The van der Waals surface area contributed by atoms with Gasteiger partial charge in [0, 0.05) is 28.2 Å². The van der Waals surface area contributed by atoms with Crippen LogP contribution in [-0.4, -0.2) is 21.4 Å². The fourth-order valence-electron chi connectivity index (χ4n) is 3.47. The van der Waals surface area contributed by atoms with Gasteiger partial charge in [0.2, 0.25) is 0 Å². The maximum absolute atomic E-state index is 12.9. The van der Waals surface area contributed by atoms with Crippen molar-refractivity contribution < 1.29 is 13.2 Å². The number of carbonyl (C=O) groups is 1. The monoisotopic (exact) mass is 456 g/mol. The zero-order valence-electron chi connectivity index (χ0n) is 15.2. The normalized spacial score (nSPS) is 14.2. The van der Waals surface area contributed by atoms with Gasteiger partial charge in [0.05, 0.1) is 16.3 Å². The van der Waals surface area contributed by atoms with Crippen molar-refractivity contribution in [2.24, 2.45) is 0 Å².